The van der Waals surface area contributed by atoms with Gasteiger partial charge in [-0.25, -0.2) is 4.98 Å². The minimum absolute atomic E-state index is 0.0794. The zero-order chi connectivity index (χ0) is 11.1. The van der Waals surface area contributed by atoms with E-state index >= 15 is 0 Å². The van der Waals surface area contributed by atoms with Crippen molar-refractivity contribution in [3.63, 3.8) is 0 Å². The van der Waals surface area contributed by atoms with Crippen molar-refractivity contribution in [3.8, 4) is 12.3 Å². The van der Waals surface area contributed by atoms with Crippen molar-refractivity contribution in [2.75, 3.05) is 6.54 Å². The molecule has 0 saturated heterocycles. The first-order valence-corrected chi connectivity index (χ1v) is 4.58. The van der Waals surface area contributed by atoms with Gasteiger partial charge in [-0.15, -0.1) is 12.3 Å². The molecule has 0 atom stereocenters. The lowest BCUT2D eigenvalue weighted by atomic mass is 10.3. The number of terminal acetylenes is 1. The number of carbonyl (C=O) groups is 1. The summed E-state index contributed by atoms with van der Waals surface area (Å²) < 4.78 is 12.7. The van der Waals surface area contributed by atoms with Gasteiger partial charge in [0, 0.05) is 13.0 Å². The van der Waals surface area contributed by atoms with Crippen molar-refractivity contribution < 1.29 is 9.18 Å². The fourth-order valence-corrected chi connectivity index (χ4v) is 1.02. The SMILES string of the molecule is C#CCCCNC(=O)c1cccc(F)n1. The second-order valence-corrected chi connectivity index (χ2v) is 2.91. The monoisotopic (exact) mass is 206 g/mol. The minimum atomic E-state index is -0.661. The third-order valence-corrected chi connectivity index (χ3v) is 1.73. The average molecular weight is 206 g/mol. The summed E-state index contributed by atoms with van der Waals surface area (Å²) in [5.41, 5.74) is 0.0794. The highest BCUT2D eigenvalue weighted by Gasteiger charge is 2.06. The lowest BCUT2D eigenvalue weighted by Gasteiger charge is -2.02. The van der Waals surface area contributed by atoms with E-state index in [4.69, 9.17) is 6.42 Å². The zero-order valence-electron chi connectivity index (χ0n) is 8.16. The molecule has 0 aliphatic heterocycles. The number of hydrogen-bond acceptors (Lipinski definition) is 2. The smallest absolute Gasteiger partial charge is 0.269 e. The van der Waals surface area contributed by atoms with Crippen LogP contribution in [0.5, 0.6) is 0 Å². The Morgan fingerprint density at radius 3 is 3.07 bits per heavy atom. The van der Waals surface area contributed by atoms with Crippen molar-refractivity contribution >= 4 is 5.91 Å². The third-order valence-electron chi connectivity index (χ3n) is 1.73. The average Bonchev–Trinajstić information content (AvgIpc) is 2.24. The number of aromatic nitrogens is 1. The first kappa shape index (κ1) is 11.2. The molecule has 3 nitrogen and oxygen atoms in total. The molecule has 15 heavy (non-hydrogen) atoms. The van der Waals surface area contributed by atoms with Crippen molar-refractivity contribution in [1.82, 2.24) is 10.3 Å². The Morgan fingerprint density at radius 1 is 1.60 bits per heavy atom. The van der Waals surface area contributed by atoms with E-state index in [1.807, 2.05) is 0 Å². The summed E-state index contributed by atoms with van der Waals surface area (Å²) in [5, 5.41) is 2.60. The molecule has 4 heteroatoms. The highest BCUT2D eigenvalue weighted by molar-refractivity contribution is 5.92. The van der Waals surface area contributed by atoms with Gasteiger partial charge in [0.15, 0.2) is 0 Å². The Balaban J connectivity index is 2.44. The molecule has 0 aromatic carbocycles. The molecule has 1 heterocycles. The number of nitrogens with zero attached hydrogens (tertiary/aromatic N) is 1. The second-order valence-electron chi connectivity index (χ2n) is 2.91. The summed E-state index contributed by atoms with van der Waals surface area (Å²) in [4.78, 5) is 14.8. The molecule has 0 aliphatic carbocycles. The Morgan fingerprint density at radius 2 is 2.40 bits per heavy atom. The lowest BCUT2D eigenvalue weighted by molar-refractivity contribution is 0.0947. The summed E-state index contributed by atoms with van der Waals surface area (Å²) in [6, 6.07) is 4.09. The van der Waals surface area contributed by atoms with E-state index in [1.165, 1.54) is 18.2 Å². The topological polar surface area (TPSA) is 42.0 Å². The van der Waals surface area contributed by atoms with Gasteiger partial charge < -0.3 is 5.32 Å². The van der Waals surface area contributed by atoms with Crippen LogP contribution in [0.15, 0.2) is 18.2 Å². The summed E-state index contributed by atoms with van der Waals surface area (Å²) in [7, 11) is 0. The maximum absolute atomic E-state index is 12.7. The molecule has 0 spiro atoms. The Bertz CT molecular complexity index is 384. The van der Waals surface area contributed by atoms with Gasteiger partial charge >= 0.3 is 0 Å². The molecule has 0 unspecified atom stereocenters. The van der Waals surface area contributed by atoms with E-state index in [0.717, 1.165) is 0 Å². The lowest BCUT2D eigenvalue weighted by Crippen LogP contribution is -2.25. The van der Waals surface area contributed by atoms with Crippen LogP contribution in [0.1, 0.15) is 23.3 Å². The summed E-state index contributed by atoms with van der Waals surface area (Å²) in [5.74, 6) is 1.42. The molecule has 1 amide bonds. The molecular weight excluding hydrogens is 195 g/mol. The van der Waals surface area contributed by atoms with Gasteiger partial charge in [0.05, 0.1) is 0 Å². The van der Waals surface area contributed by atoms with E-state index < -0.39 is 5.95 Å². The van der Waals surface area contributed by atoms with Crippen LogP contribution in [-0.4, -0.2) is 17.4 Å². The van der Waals surface area contributed by atoms with Gasteiger partial charge in [-0.2, -0.15) is 4.39 Å². The first-order valence-electron chi connectivity index (χ1n) is 4.58. The molecule has 1 aromatic heterocycles. The predicted molar refractivity (Wildman–Crippen MR) is 54.6 cm³/mol. The largest absolute Gasteiger partial charge is 0.351 e. The molecule has 1 N–H and O–H groups in total. The summed E-state index contributed by atoms with van der Waals surface area (Å²) in [6.07, 6.45) is 6.37. The molecule has 1 aromatic rings. The fraction of sp³-hybridized carbons (Fsp3) is 0.273. The van der Waals surface area contributed by atoms with Crippen molar-refractivity contribution in [2.45, 2.75) is 12.8 Å². The normalized spacial score (nSPS) is 9.33. The van der Waals surface area contributed by atoms with Crippen LogP contribution in [0, 0.1) is 18.3 Å². The van der Waals surface area contributed by atoms with Crippen LogP contribution >= 0.6 is 0 Å². The van der Waals surface area contributed by atoms with Gasteiger partial charge in [0.2, 0.25) is 5.95 Å². The number of amides is 1. The van der Waals surface area contributed by atoms with Crippen molar-refractivity contribution in [3.05, 3.63) is 29.8 Å². The van der Waals surface area contributed by atoms with Crippen LogP contribution < -0.4 is 5.32 Å². The number of hydrogen-bond donors (Lipinski definition) is 1. The van der Waals surface area contributed by atoms with Gasteiger partial charge in [-0.05, 0) is 18.6 Å². The van der Waals surface area contributed by atoms with E-state index in [1.54, 1.807) is 0 Å². The molecule has 0 bridgehead atoms. The Labute approximate surface area is 87.7 Å². The van der Waals surface area contributed by atoms with Gasteiger partial charge in [-0.3, -0.25) is 4.79 Å². The summed E-state index contributed by atoms with van der Waals surface area (Å²) in [6.45, 7) is 0.473. The van der Waals surface area contributed by atoms with Crippen LogP contribution in [0.3, 0.4) is 0 Å². The van der Waals surface area contributed by atoms with Gasteiger partial charge in [-0.1, -0.05) is 6.07 Å². The van der Waals surface area contributed by atoms with Crippen LogP contribution in [0.25, 0.3) is 0 Å². The van der Waals surface area contributed by atoms with E-state index in [2.05, 4.69) is 16.2 Å². The number of halogens is 1. The number of pyridine rings is 1. The highest BCUT2D eigenvalue weighted by atomic mass is 19.1. The van der Waals surface area contributed by atoms with E-state index in [9.17, 15) is 9.18 Å². The zero-order valence-corrected chi connectivity index (χ0v) is 8.16. The maximum Gasteiger partial charge on any atom is 0.269 e. The first-order chi connectivity index (χ1) is 7.24. The number of unbranched alkanes of at least 4 members (excludes halogenated alkanes) is 1. The number of carbonyl (C=O) groups excluding carboxylic acids is 1. The van der Waals surface area contributed by atoms with Crippen molar-refractivity contribution in [1.29, 1.82) is 0 Å². The highest BCUT2D eigenvalue weighted by Crippen LogP contribution is 1.97. The molecule has 0 aliphatic rings. The Kier molecular flexibility index (Phi) is 4.30. The molecule has 78 valence electrons. The van der Waals surface area contributed by atoms with Gasteiger partial charge in [0.25, 0.3) is 5.91 Å². The maximum atomic E-state index is 12.7. The standard InChI is InChI=1S/C11H11FN2O/c1-2-3-4-8-13-11(15)9-6-5-7-10(12)14-9/h1,5-7H,3-4,8H2,(H,13,15). The third kappa shape index (κ3) is 3.77. The fourth-order valence-electron chi connectivity index (χ4n) is 1.02. The minimum Gasteiger partial charge on any atom is -0.351 e. The van der Waals surface area contributed by atoms with Crippen LogP contribution in [0.2, 0.25) is 0 Å². The molecule has 0 saturated carbocycles. The molecular formula is C11H11FN2O. The molecule has 0 fully saturated rings. The van der Waals surface area contributed by atoms with Crippen LogP contribution in [-0.2, 0) is 0 Å². The number of rotatable bonds is 4. The van der Waals surface area contributed by atoms with Crippen LogP contribution in [0.4, 0.5) is 4.39 Å². The molecule has 1 rings (SSSR count). The number of nitrogens with one attached hydrogen (secondary N) is 1. The quantitative estimate of drug-likeness (QED) is 0.459. The van der Waals surface area contributed by atoms with E-state index in [0.29, 0.717) is 19.4 Å². The predicted octanol–water partition coefficient (Wildman–Crippen LogP) is 1.36. The van der Waals surface area contributed by atoms with E-state index in [-0.39, 0.29) is 11.6 Å². The molecule has 0 radical (unpaired) electrons. The second kappa shape index (κ2) is 5.76. The Hall–Kier alpha value is -1.89. The van der Waals surface area contributed by atoms with Crippen molar-refractivity contribution in [2.24, 2.45) is 0 Å². The van der Waals surface area contributed by atoms with Gasteiger partial charge in [0.1, 0.15) is 5.69 Å². The summed E-state index contributed by atoms with van der Waals surface area (Å²) >= 11 is 0.